The Hall–Kier alpha value is -2.74. The highest BCUT2D eigenvalue weighted by Gasteiger charge is 2.23. The number of nitrogens with two attached hydrogens (primary N) is 1. The van der Waals surface area contributed by atoms with Crippen LogP contribution < -0.4 is 15.5 Å². The van der Waals surface area contributed by atoms with E-state index in [9.17, 15) is 4.79 Å². The van der Waals surface area contributed by atoms with Crippen LogP contribution in [0.3, 0.4) is 0 Å². The van der Waals surface area contributed by atoms with Crippen molar-refractivity contribution >= 4 is 39.1 Å². The van der Waals surface area contributed by atoms with Crippen LogP contribution >= 0.6 is 11.3 Å². The van der Waals surface area contributed by atoms with Crippen molar-refractivity contribution in [2.24, 2.45) is 5.73 Å². The van der Waals surface area contributed by atoms with Crippen LogP contribution in [0.4, 0.5) is 11.6 Å². The predicted molar refractivity (Wildman–Crippen MR) is 94.6 cm³/mol. The summed E-state index contributed by atoms with van der Waals surface area (Å²) in [6.45, 7) is 3.12. The number of rotatable bonds is 3. The van der Waals surface area contributed by atoms with Crippen molar-refractivity contribution in [1.29, 1.82) is 0 Å². The van der Waals surface area contributed by atoms with Crippen molar-refractivity contribution in [1.82, 2.24) is 15.0 Å². The maximum atomic E-state index is 11.6. The summed E-state index contributed by atoms with van der Waals surface area (Å²) in [6.07, 6.45) is 3.30. The standard InChI is InChI=1S/C16H16N6OS/c17-14(23)11-2-1-4-18-15(11)21-5-7-22(8-6-21)16-13-12(3-9-24-13)19-10-20-16/h1-4,9-10H,5-8H2,(H2,17,23). The molecule has 24 heavy (non-hydrogen) atoms. The average molecular weight is 340 g/mol. The SMILES string of the molecule is NC(=O)c1cccnc1N1CCN(c2ncnc3ccsc23)CC1. The van der Waals surface area contributed by atoms with Gasteiger partial charge in [-0.2, -0.15) is 0 Å². The summed E-state index contributed by atoms with van der Waals surface area (Å²) < 4.78 is 1.11. The summed E-state index contributed by atoms with van der Waals surface area (Å²) in [5.74, 6) is 1.19. The molecule has 0 atom stereocenters. The second kappa shape index (κ2) is 6.04. The molecule has 0 aromatic carbocycles. The lowest BCUT2D eigenvalue weighted by molar-refractivity contribution is 0.100. The van der Waals surface area contributed by atoms with E-state index < -0.39 is 5.91 Å². The normalized spacial score (nSPS) is 15.0. The zero-order valence-corrected chi connectivity index (χ0v) is 13.7. The summed E-state index contributed by atoms with van der Waals surface area (Å²) in [4.78, 5) is 29.1. The molecule has 0 radical (unpaired) electrons. The molecular formula is C16H16N6OS. The van der Waals surface area contributed by atoms with Gasteiger partial charge in [0, 0.05) is 32.4 Å². The van der Waals surface area contributed by atoms with E-state index >= 15 is 0 Å². The molecule has 1 aliphatic rings. The topological polar surface area (TPSA) is 88.2 Å². The molecule has 122 valence electrons. The molecule has 0 spiro atoms. The Balaban J connectivity index is 1.55. The van der Waals surface area contributed by atoms with E-state index in [0.717, 1.165) is 42.2 Å². The molecule has 4 heterocycles. The third kappa shape index (κ3) is 2.54. The second-order valence-electron chi connectivity index (χ2n) is 5.55. The van der Waals surface area contributed by atoms with Crippen molar-refractivity contribution < 1.29 is 4.79 Å². The molecule has 0 saturated carbocycles. The molecule has 2 N–H and O–H groups in total. The Bertz CT molecular complexity index is 887. The highest BCUT2D eigenvalue weighted by atomic mass is 32.1. The van der Waals surface area contributed by atoms with Crippen LogP contribution in [0.1, 0.15) is 10.4 Å². The number of carbonyl (C=O) groups excluding carboxylic acids is 1. The zero-order valence-electron chi connectivity index (χ0n) is 12.9. The van der Waals surface area contributed by atoms with Crippen LogP contribution in [0.25, 0.3) is 10.2 Å². The lowest BCUT2D eigenvalue weighted by atomic mass is 10.2. The Morgan fingerprint density at radius 3 is 2.54 bits per heavy atom. The number of aromatic nitrogens is 3. The van der Waals surface area contributed by atoms with Crippen molar-refractivity contribution in [2.45, 2.75) is 0 Å². The number of amides is 1. The van der Waals surface area contributed by atoms with Crippen molar-refractivity contribution in [3.05, 3.63) is 41.7 Å². The number of hydrogen-bond donors (Lipinski definition) is 1. The lowest BCUT2D eigenvalue weighted by Gasteiger charge is -2.36. The number of anilines is 2. The molecule has 3 aromatic rings. The minimum absolute atomic E-state index is 0.448. The van der Waals surface area contributed by atoms with E-state index in [2.05, 4.69) is 24.8 Å². The van der Waals surface area contributed by atoms with Crippen molar-refractivity contribution in [2.75, 3.05) is 36.0 Å². The van der Waals surface area contributed by atoms with Gasteiger partial charge in [-0.05, 0) is 23.6 Å². The fourth-order valence-electron chi connectivity index (χ4n) is 2.97. The monoisotopic (exact) mass is 340 g/mol. The molecule has 0 unspecified atom stereocenters. The quantitative estimate of drug-likeness (QED) is 0.777. The minimum Gasteiger partial charge on any atom is -0.365 e. The van der Waals surface area contributed by atoms with Gasteiger partial charge in [0.25, 0.3) is 5.91 Å². The lowest BCUT2D eigenvalue weighted by Crippen LogP contribution is -2.47. The Morgan fingerprint density at radius 1 is 1.04 bits per heavy atom. The van der Waals surface area contributed by atoms with Gasteiger partial charge in [0.15, 0.2) is 0 Å². The van der Waals surface area contributed by atoms with Crippen LogP contribution in [0, 0.1) is 0 Å². The highest BCUT2D eigenvalue weighted by Crippen LogP contribution is 2.29. The molecule has 4 rings (SSSR count). The van der Waals surface area contributed by atoms with Gasteiger partial charge >= 0.3 is 0 Å². The Morgan fingerprint density at radius 2 is 1.79 bits per heavy atom. The van der Waals surface area contributed by atoms with Gasteiger partial charge in [-0.1, -0.05) is 0 Å². The first-order valence-electron chi connectivity index (χ1n) is 7.67. The molecule has 1 fully saturated rings. The number of nitrogens with zero attached hydrogens (tertiary/aromatic N) is 5. The van der Waals surface area contributed by atoms with Gasteiger partial charge < -0.3 is 15.5 Å². The van der Waals surface area contributed by atoms with E-state index in [1.54, 1.807) is 36.0 Å². The first kappa shape index (κ1) is 14.8. The van der Waals surface area contributed by atoms with Crippen molar-refractivity contribution in [3.8, 4) is 0 Å². The number of carbonyl (C=O) groups is 1. The van der Waals surface area contributed by atoms with Gasteiger partial charge in [-0.3, -0.25) is 4.79 Å². The summed E-state index contributed by atoms with van der Waals surface area (Å²) in [6, 6.07) is 5.46. The molecule has 0 bridgehead atoms. The van der Waals surface area contributed by atoms with Crippen molar-refractivity contribution in [3.63, 3.8) is 0 Å². The Kier molecular flexibility index (Phi) is 3.73. The zero-order chi connectivity index (χ0) is 16.5. The van der Waals surface area contributed by atoms with E-state index in [0.29, 0.717) is 11.4 Å². The Labute approximate surface area is 142 Å². The van der Waals surface area contributed by atoms with Crippen LogP contribution in [0.15, 0.2) is 36.1 Å². The molecule has 1 aliphatic heterocycles. The molecule has 1 saturated heterocycles. The minimum atomic E-state index is -0.448. The first-order valence-corrected chi connectivity index (χ1v) is 8.55. The van der Waals surface area contributed by atoms with E-state index in [1.807, 2.05) is 11.4 Å². The van der Waals surface area contributed by atoms with E-state index in [1.165, 1.54) is 0 Å². The molecule has 8 heteroatoms. The number of hydrogen-bond acceptors (Lipinski definition) is 7. The summed E-state index contributed by atoms with van der Waals surface area (Å²) >= 11 is 1.66. The smallest absolute Gasteiger partial charge is 0.252 e. The van der Waals surface area contributed by atoms with E-state index in [-0.39, 0.29) is 0 Å². The highest BCUT2D eigenvalue weighted by molar-refractivity contribution is 7.17. The van der Waals surface area contributed by atoms with Crippen LogP contribution in [-0.2, 0) is 0 Å². The van der Waals surface area contributed by atoms with Gasteiger partial charge in [-0.25, -0.2) is 15.0 Å². The van der Waals surface area contributed by atoms with Crippen LogP contribution in [0.2, 0.25) is 0 Å². The summed E-state index contributed by atoms with van der Waals surface area (Å²) in [5, 5.41) is 2.03. The largest absolute Gasteiger partial charge is 0.365 e. The summed E-state index contributed by atoms with van der Waals surface area (Å²) in [7, 11) is 0. The second-order valence-corrected chi connectivity index (χ2v) is 6.46. The third-order valence-electron chi connectivity index (χ3n) is 4.16. The maximum absolute atomic E-state index is 11.6. The molecular weight excluding hydrogens is 324 g/mol. The first-order chi connectivity index (χ1) is 11.7. The number of fused-ring (bicyclic) bond motifs is 1. The molecule has 3 aromatic heterocycles. The molecule has 7 nitrogen and oxygen atoms in total. The third-order valence-corrected chi connectivity index (χ3v) is 5.05. The maximum Gasteiger partial charge on any atom is 0.252 e. The fraction of sp³-hybridized carbons (Fsp3) is 0.250. The van der Waals surface area contributed by atoms with Crippen LogP contribution in [0.5, 0.6) is 0 Å². The van der Waals surface area contributed by atoms with Gasteiger partial charge in [-0.15, -0.1) is 11.3 Å². The van der Waals surface area contributed by atoms with Crippen LogP contribution in [-0.4, -0.2) is 47.0 Å². The number of thiophene rings is 1. The van der Waals surface area contributed by atoms with Gasteiger partial charge in [0.1, 0.15) is 18.0 Å². The number of piperazine rings is 1. The average Bonchev–Trinajstić information content (AvgIpc) is 3.10. The molecule has 0 aliphatic carbocycles. The molecule has 1 amide bonds. The predicted octanol–water partition coefficient (Wildman–Crippen LogP) is 1.51. The van der Waals surface area contributed by atoms with E-state index in [4.69, 9.17) is 5.73 Å². The number of pyridine rings is 1. The van der Waals surface area contributed by atoms with Gasteiger partial charge in [0.05, 0.1) is 15.8 Å². The van der Waals surface area contributed by atoms with Gasteiger partial charge in [0.2, 0.25) is 0 Å². The number of primary amides is 1. The fourth-order valence-corrected chi connectivity index (χ4v) is 3.83. The summed E-state index contributed by atoms with van der Waals surface area (Å²) in [5.41, 5.74) is 6.90.